The first kappa shape index (κ1) is 19.4. The van der Waals surface area contributed by atoms with Crippen molar-refractivity contribution in [1.29, 1.82) is 0 Å². The van der Waals surface area contributed by atoms with E-state index < -0.39 is 6.10 Å². The summed E-state index contributed by atoms with van der Waals surface area (Å²) in [5.41, 5.74) is 2.28. The molecule has 31 heavy (non-hydrogen) atoms. The fourth-order valence-corrected chi connectivity index (χ4v) is 4.13. The second-order valence-corrected chi connectivity index (χ2v) is 7.81. The summed E-state index contributed by atoms with van der Waals surface area (Å²) in [6.07, 6.45) is -0.663. The molecule has 3 aromatic rings. The van der Waals surface area contributed by atoms with E-state index >= 15 is 0 Å². The molecule has 158 valence electrons. The van der Waals surface area contributed by atoms with Crippen LogP contribution >= 0.6 is 0 Å². The first-order valence-electron chi connectivity index (χ1n) is 10.4. The Morgan fingerprint density at radius 2 is 1.61 bits per heavy atom. The molecular weight excluding hydrogens is 394 g/mol. The lowest BCUT2D eigenvalue weighted by atomic mass is 10.1. The van der Waals surface area contributed by atoms with Gasteiger partial charge < -0.3 is 19.3 Å². The Hall–Kier alpha value is -3.61. The summed E-state index contributed by atoms with van der Waals surface area (Å²) in [4.78, 5) is 34.2. The van der Waals surface area contributed by atoms with E-state index in [9.17, 15) is 9.59 Å². The molecule has 0 bridgehead atoms. The van der Waals surface area contributed by atoms with Gasteiger partial charge in [0, 0.05) is 37.3 Å². The fraction of sp³-hybridized carbons (Fsp3) is 0.292. The van der Waals surface area contributed by atoms with Crippen molar-refractivity contribution in [3.05, 3.63) is 65.9 Å². The van der Waals surface area contributed by atoms with E-state index in [2.05, 4.69) is 4.98 Å². The van der Waals surface area contributed by atoms with Crippen molar-refractivity contribution in [3.63, 3.8) is 0 Å². The van der Waals surface area contributed by atoms with Crippen LogP contribution < -0.4 is 9.47 Å². The quantitative estimate of drug-likeness (QED) is 0.641. The van der Waals surface area contributed by atoms with Crippen LogP contribution in [0.1, 0.15) is 16.1 Å². The zero-order valence-electron chi connectivity index (χ0n) is 17.3. The van der Waals surface area contributed by atoms with E-state index in [1.165, 1.54) is 0 Å². The molecular formula is C24H23N3O4. The smallest absolute Gasteiger partial charge is 0.267 e. The summed E-state index contributed by atoms with van der Waals surface area (Å²) in [5, 5.41) is 0.850. The van der Waals surface area contributed by atoms with Crippen molar-refractivity contribution in [2.75, 3.05) is 32.8 Å². The van der Waals surface area contributed by atoms with Crippen molar-refractivity contribution < 1.29 is 19.1 Å². The zero-order chi connectivity index (χ0) is 21.4. The van der Waals surface area contributed by atoms with Crippen molar-refractivity contribution in [2.45, 2.75) is 13.0 Å². The number of ether oxygens (including phenoxy) is 2. The molecule has 1 aromatic heterocycles. The van der Waals surface area contributed by atoms with E-state index in [0.717, 1.165) is 16.6 Å². The van der Waals surface area contributed by atoms with E-state index in [-0.39, 0.29) is 18.4 Å². The van der Waals surface area contributed by atoms with Crippen molar-refractivity contribution in [3.8, 4) is 11.5 Å². The molecule has 2 aliphatic heterocycles. The van der Waals surface area contributed by atoms with Crippen molar-refractivity contribution in [2.24, 2.45) is 0 Å². The van der Waals surface area contributed by atoms with Gasteiger partial charge >= 0.3 is 0 Å². The molecule has 1 fully saturated rings. The van der Waals surface area contributed by atoms with E-state index in [4.69, 9.17) is 9.47 Å². The lowest BCUT2D eigenvalue weighted by Gasteiger charge is -2.37. The average Bonchev–Trinajstić information content (AvgIpc) is 2.82. The molecule has 2 amide bonds. The average molecular weight is 417 g/mol. The largest absolute Gasteiger partial charge is 0.485 e. The third kappa shape index (κ3) is 3.67. The number of pyridine rings is 1. The molecule has 1 atom stereocenters. The minimum absolute atomic E-state index is 0.0278. The number of aromatic nitrogens is 1. The van der Waals surface area contributed by atoms with Gasteiger partial charge in [0.05, 0.1) is 11.1 Å². The molecule has 2 aliphatic rings. The van der Waals surface area contributed by atoms with Gasteiger partial charge in [-0.1, -0.05) is 30.3 Å². The summed E-state index contributed by atoms with van der Waals surface area (Å²) in [5.74, 6) is 1.11. The molecule has 2 aromatic carbocycles. The van der Waals surface area contributed by atoms with Crippen LogP contribution in [0.15, 0.2) is 54.6 Å². The first-order valence-corrected chi connectivity index (χ1v) is 10.4. The van der Waals surface area contributed by atoms with Gasteiger partial charge in [-0.15, -0.1) is 0 Å². The zero-order valence-corrected chi connectivity index (χ0v) is 17.3. The van der Waals surface area contributed by atoms with Crippen LogP contribution in [0.2, 0.25) is 0 Å². The summed E-state index contributed by atoms with van der Waals surface area (Å²) >= 11 is 0. The number of piperazine rings is 1. The number of nitrogens with zero attached hydrogens (tertiary/aromatic N) is 3. The molecule has 0 unspecified atom stereocenters. The van der Waals surface area contributed by atoms with Gasteiger partial charge in [-0.3, -0.25) is 14.6 Å². The first-order chi connectivity index (χ1) is 15.1. The second kappa shape index (κ2) is 7.91. The summed E-state index contributed by atoms with van der Waals surface area (Å²) in [6.45, 7) is 3.97. The molecule has 1 saturated heterocycles. The Labute approximate surface area is 180 Å². The number of hydrogen-bond acceptors (Lipinski definition) is 5. The topological polar surface area (TPSA) is 72.0 Å². The van der Waals surface area contributed by atoms with Crippen LogP contribution in [0.3, 0.4) is 0 Å². The Morgan fingerprint density at radius 3 is 2.42 bits per heavy atom. The van der Waals surface area contributed by atoms with Gasteiger partial charge in [0.2, 0.25) is 6.10 Å². The predicted octanol–water partition coefficient (Wildman–Crippen LogP) is 2.67. The second-order valence-electron chi connectivity index (χ2n) is 7.81. The number of carbonyl (C=O) groups excluding carboxylic acids is 2. The number of carbonyl (C=O) groups is 2. The van der Waals surface area contributed by atoms with Crippen LogP contribution in [0.4, 0.5) is 0 Å². The standard InChI is InChI=1S/C24H23N3O4/c1-16-14-18(17-6-2-3-7-19(17)25-16)23(28)26-10-12-27(13-11-26)24(29)22-15-30-20-8-4-5-9-21(20)31-22/h2-9,14,22H,10-13,15H2,1H3/t22-/m0/s1. The highest BCUT2D eigenvalue weighted by atomic mass is 16.6. The molecule has 7 heteroatoms. The summed E-state index contributed by atoms with van der Waals surface area (Å²) < 4.78 is 11.5. The summed E-state index contributed by atoms with van der Waals surface area (Å²) in [6, 6.07) is 16.9. The van der Waals surface area contributed by atoms with E-state index in [0.29, 0.717) is 43.2 Å². The normalized spacial score (nSPS) is 18.2. The Bertz CT molecular complexity index is 1150. The van der Waals surface area contributed by atoms with E-state index in [1.54, 1.807) is 15.9 Å². The molecule has 0 N–H and O–H groups in total. The Morgan fingerprint density at radius 1 is 0.935 bits per heavy atom. The number of benzene rings is 2. The maximum absolute atomic E-state index is 13.2. The highest BCUT2D eigenvalue weighted by Crippen LogP contribution is 2.31. The predicted molar refractivity (Wildman–Crippen MR) is 115 cm³/mol. The number of aryl methyl sites for hydroxylation is 1. The highest BCUT2D eigenvalue weighted by molar-refractivity contribution is 6.06. The molecule has 7 nitrogen and oxygen atoms in total. The van der Waals surface area contributed by atoms with Gasteiger partial charge in [-0.05, 0) is 31.2 Å². The summed E-state index contributed by atoms with van der Waals surface area (Å²) in [7, 11) is 0. The molecule has 0 spiro atoms. The number of para-hydroxylation sites is 3. The van der Waals surface area contributed by atoms with E-state index in [1.807, 2.05) is 55.5 Å². The van der Waals surface area contributed by atoms with Gasteiger partial charge in [0.25, 0.3) is 11.8 Å². The number of hydrogen-bond donors (Lipinski definition) is 0. The third-order valence-electron chi connectivity index (χ3n) is 5.74. The van der Waals surface area contributed by atoms with Gasteiger partial charge in [-0.25, -0.2) is 0 Å². The van der Waals surface area contributed by atoms with Crippen LogP contribution in [-0.4, -0.2) is 65.5 Å². The fourth-order valence-electron chi connectivity index (χ4n) is 4.13. The maximum Gasteiger partial charge on any atom is 0.267 e. The minimum atomic E-state index is -0.663. The lowest BCUT2D eigenvalue weighted by Crippen LogP contribution is -2.55. The van der Waals surface area contributed by atoms with Crippen LogP contribution in [0.25, 0.3) is 10.9 Å². The number of amides is 2. The molecule has 5 rings (SSSR count). The van der Waals surface area contributed by atoms with Gasteiger partial charge in [0.1, 0.15) is 6.61 Å². The van der Waals surface area contributed by atoms with Crippen LogP contribution in [0.5, 0.6) is 11.5 Å². The van der Waals surface area contributed by atoms with Crippen LogP contribution in [0, 0.1) is 6.92 Å². The van der Waals surface area contributed by atoms with Gasteiger partial charge in [-0.2, -0.15) is 0 Å². The molecule has 0 saturated carbocycles. The lowest BCUT2D eigenvalue weighted by molar-refractivity contribution is -0.142. The SMILES string of the molecule is Cc1cc(C(=O)N2CCN(C(=O)[C@@H]3COc4ccccc4O3)CC2)c2ccccc2n1. The minimum Gasteiger partial charge on any atom is -0.485 e. The highest BCUT2D eigenvalue weighted by Gasteiger charge is 2.33. The monoisotopic (exact) mass is 417 g/mol. The van der Waals surface area contributed by atoms with Crippen molar-refractivity contribution >= 4 is 22.7 Å². The molecule has 3 heterocycles. The molecule has 0 radical (unpaired) electrons. The number of fused-ring (bicyclic) bond motifs is 2. The van der Waals surface area contributed by atoms with Gasteiger partial charge in [0.15, 0.2) is 11.5 Å². The van der Waals surface area contributed by atoms with Crippen molar-refractivity contribution in [1.82, 2.24) is 14.8 Å². The Kier molecular flexibility index (Phi) is 4.94. The van der Waals surface area contributed by atoms with Crippen LogP contribution in [-0.2, 0) is 4.79 Å². The third-order valence-corrected chi connectivity index (χ3v) is 5.74. The Balaban J connectivity index is 1.26. The number of rotatable bonds is 2. The maximum atomic E-state index is 13.2. The molecule has 0 aliphatic carbocycles.